The lowest BCUT2D eigenvalue weighted by Gasteiger charge is -2.09. The molecule has 0 aliphatic heterocycles. The number of hydrogen-bond acceptors (Lipinski definition) is 3. The van der Waals surface area contributed by atoms with Crippen LogP contribution in [-0.2, 0) is 11.0 Å². The Morgan fingerprint density at radius 1 is 1.32 bits per heavy atom. The summed E-state index contributed by atoms with van der Waals surface area (Å²) in [4.78, 5) is 18.1. The molecule has 1 N–H and O–H groups in total. The molecule has 100 valence electrons. The molecule has 2 aromatic heterocycles. The van der Waals surface area contributed by atoms with Gasteiger partial charge in [-0.05, 0) is 18.2 Å². The molecule has 0 aliphatic rings. The molecule has 4 nitrogen and oxygen atoms in total. The smallest absolute Gasteiger partial charge is 0.311 e. The Kier molecular flexibility index (Phi) is 3.32. The van der Waals surface area contributed by atoms with Crippen molar-refractivity contribution >= 4 is 34.4 Å². The number of fused-ring (bicyclic) bond motifs is 1. The van der Waals surface area contributed by atoms with E-state index in [1.54, 1.807) is 0 Å². The van der Waals surface area contributed by atoms with Crippen molar-refractivity contribution < 1.29 is 18.0 Å². The van der Waals surface area contributed by atoms with Crippen LogP contribution < -0.4 is 5.32 Å². The zero-order chi connectivity index (χ0) is 14.2. The van der Waals surface area contributed by atoms with E-state index in [9.17, 15) is 18.0 Å². The predicted molar refractivity (Wildman–Crippen MR) is 63.9 cm³/mol. The van der Waals surface area contributed by atoms with Crippen LogP contribution in [-0.4, -0.2) is 15.9 Å². The van der Waals surface area contributed by atoms with Gasteiger partial charge in [-0.15, -0.1) is 0 Å². The fourth-order valence-corrected chi connectivity index (χ4v) is 1.71. The van der Waals surface area contributed by atoms with Crippen molar-refractivity contribution in [2.24, 2.45) is 0 Å². The van der Waals surface area contributed by atoms with Crippen molar-refractivity contribution in [3.63, 3.8) is 0 Å². The van der Waals surface area contributed by atoms with Crippen LogP contribution in [0.5, 0.6) is 0 Å². The number of nitrogens with one attached hydrogen (secondary N) is 1. The molecule has 0 fully saturated rings. The van der Waals surface area contributed by atoms with Crippen LogP contribution in [0.4, 0.5) is 19.0 Å². The van der Waals surface area contributed by atoms with Gasteiger partial charge >= 0.3 is 6.18 Å². The van der Waals surface area contributed by atoms with E-state index >= 15 is 0 Å². The Bertz CT molecular complexity index is 657. The number of pyridine rings is 2. The number of alkyl halides is 3. The predicted octanol–water partition coefficient (Wildman–Crippen LogP) is 3.26. The van der Waals surface area contributed by atoms with E-state index in [2.05, 4.69) is 15.3 Å². The van der Waals surface area contributed by atoms with Gasteiger partial charge in [-0.1, -0.05) is 11.6 Å². The number of amides is 1. The fraction of sp³-hybridized carbons (Fsp3) is 0.182. The van der Waals surface area contributed by atoms with Crippen LogP contribution in [0.15, 0.2) is 18.2 Å². The fourth-order valence-electron chi connectivity index (χ4n) is 1.46. The highest BCUT2D eigenvalue weighted by Crippen LogP contribution is 2.32. The summed E-state index contributed by atoms with van der Waals surface area (Å²) in [6.07, 6.45) is -4.61. The van der Waals surface area contributed by atoms with Crippen molar-refractivity contribution in [3.8, 4) is 0 Å². The normalized spacial score (nSPS) is 11.6. The Morgan fingerprint density at radius 3 is 2.58 bits per heavy atom. The second kappa shape index (κ2) is 4.65. The number of carbonyl (C=O) groups excluding carboxylic acids is 1. The van der Waals surface area contributed by atoms with Crippen LogP contribution >= 0.6 is 11.6 Å². The van der Waals surface area contributed by atoms with Crippen LogP contribution in [0.2, 0.25) is 5.02 Å². The highest BCUT2D eigenvalue weighted by atomic mass is 35.5. The van der Waals surface area contributed by atoms with Crippen LogP contribution in [0.3, 0.4) is 0 Å². The largest absolute Gasteiger partial charge is 0.433 e. The maximum absolute atomic E-state index is 12.6. The van der Waals surface area contributed by atoms with Gasteiger partial charge in [-0.3, -0.25) is 4.79 Å². The second-order valence-corrected chi connectivity index (χ2v) is 4.14. The number of hydrogen-bond donors (Lipinski definition) is 1. The van der Waals surface area contributed by atoms with Crippen molar-refractivity contribution in [3.05, 3.63) is 28.9 Å². The highest BCUT2D eigenvalue weighted by molar-refractivity contribution is 6.35. The monoisotopic (exact) mass is 289 g/mol. The molecule has 1 amide bonds. The molecule has 19 heavy (non-hydrogen) atoms. The Labute approximate surface area is 110 Å². The van der Waals surface area contributed by atoms with Gasteiger partial charge in [0, 0.05) is 12.3 Å². The van der Waals surface area contributed by atoms with Crippen molar-refractivity contribution in [1.82, 2.24) is 9.97 Å². The summed E-state index contributed by atoms with van der Waals surface area (Å²) in [6, 6.07) is 3.62. The SMILES string of the molecule is CC(=O)Nc1ccc2c(Cl)cc(C(F)(F)F)nc2n1. The average Bonchev–Trinajstić information content (AvgIpc) is 2.26. The molecule has 0 atom stereocenters. The van der Waals surface area contributed by atoms with Gasteiger partial charge in [0.2, 0.25) is 5.91 Å². The maximum atomic E-state index is 12.6. The van der Waals surface area contributed by atoms with Gasteiger partial charge in [0.25, 0.3) is 0 Å². The molecular weight excluding hydrogens is 283 g/mol. The third kappa shape index (κ3) is 2.93. The number of halogens is 4. The first-order chi connectivity index (χ1) is 8.77. The summed E-state index contributed by atoms with van der Waals surface area (Å²) in [7, 11) is 0. The molecule has 2 aromatic rings. The molecule has 0 unspecified atom stereocenters. The van der Waals surface area contributed by atoms with E-state index in [4.69, 9.17) is 11.6 Å². The summed E-state index contributed by atoms with van der Waals surface area (Å²) in [5, 5.41) is 2.54. The zero-order valence-electron chi connectivity index (χ0n) is 9.55. The van der Waals surface area contributed by atoms with E-state index in [1.807, 2.05) is 0 Å². The first kappa shape index (κ1) is 13.5. The number of rotatable bonds is 1. The summed E-state index contributed by atoms with van der Waals surface area (Å²) >= 11 is 5.76. The Morgan fingerprint density at radius 2 is 2.00 bits per heavy atom. The van der Waals surface area contributed by atoms with Crippen LogP contribution in [0, 0.1) is 0 Å². The van der Waals surface area contributed by atoms with Gasteiger partial charge in [-0.2, -0.15) is 13.2 Å². The van der Waals surface area contributed by atoms with Gasteiger partial charge in [0.15, 0.2) is 5.65 Å². The molecular formula is C11H7ClF3N3O. The average molecular weight is 290 g/mol. The van der Waals surface area contributed by atoms with Crippen molar-refractivity contribution in [1.29, 1.82) is 0 Å². The molecule has 2 rings (SSSR count). The third-order valence-electron chi connectivity index (χ3n) is 2.22. The van der Waals surface area contributed by atoms with Gasteiger partial charge < -0.3 is 5.32 Å². The van der Waals surface area contributed by atoms with Gasteiger partial charge in [0.05, 0.1) is 5.02 Å². The molecule has 2 heterocycles. The molecule has 8 heteroatoms. The Balaban J connectivity index is 2.60. The molecule has 0 bridgehead atoms. The molecule has 0 saturated heterocycles. The number of nitrogens with zero attached hydrogens (tertiary/aromatic N) is 2. The van der Waals surface area contributed by atoms with Gasteiger partial charge in [0.1, 0.15) is 11.5 Å². The van der Waals surface area contributed by atoms with E-state index < -0.39 is 11.9 Å². The highest BCUT2D eigenvalue weighted by Gasteiger charge is 2.33. The molecule has 0 saturated carbocycles. The third-order valence-corrected chi connectivity index (χ3v) is 2.53. The lowest BCUT2D eigenvalue weighted by molar-refractivity contribution is -0.141. The molecule has 0 radical (unpaired) electrons. The summed E-state index contributed by atoms with van der Waals surface area (Å²) in [6.45, 7) is 1.26. The van der Waals surface area contributed by atoms with Crippen LogP contribution in [0.25, 0.3) is 11.0 Å². The number of aromatic nitrogens is 2. The van der Waals surface area contributed by atoms with Gasteiger partial charge in [-0.25, -0.2) is 9.97 Å². The Hall–Kier alpha value is -1.89. The lowest BCUT2D eigenvalue weighted by atomic mass is 10.2. The first-order valence-corrected chi connectivity index (χ1v) is 5.47. The second-order valence-electron chi connectivity index (χ2n) is 3.74. The maximum Gasteiger partial charge on any atom is 0.433 e. The molecule has 0 aromatic carbocycles. The van der Waals surface area contributed by atoms with E-state index in [0.717, 1.165) is 6.07 Å². The summed E-state index contributed by atoms with van der Waals surface area (Å²) in [5.41, 5.74) is -1.30. The summed E-state index contributed by atoms with van der Waals surface area (Å²) < 4.78 is 37.8. The minimum atomic E-state index is -4.61. The quantitative estimate of drug-likeness (QED) is 0.876. The molecule has 0 spiro atoms. The van der Waals surface area contributed by atoms with E-state index in [0.29, 0.717) is 0 Å². The minimum Gasteiger partial charge on any atom is -0.311 e. The zero-order valence-corrected chi connectivity index (χ0v) is 10.3. The lowest BCUT2D eigenvalue weighted by Crippen LogP contribution is -2.10. The topological polar surface area (TPSA) is 54.9 Å². The van der Waals surface area contributed by atoms with Crippen molar-refractivity contribution in [2.75, 3.05) is 5.32 Å². The minimum absolute atomic E-state index is 0.0980. The van der Waals surface area contributed by atoms with Crippen LogP contribution in [0.1, 0.15) is 12.6 Å². The standard InChI is InChI=1S/C11H7ClF3N3O/c1-5(19)16-9-3-2-6-7(12)4-8(11(13,14)15)17-10(6)18-9/h2-4H,1H3,(H,16,17,18,19). The number of anilines is 1. The van der Waals surface area contributed by atoms with E-state index in [-0.39, 0.29) is 27.8 Å². The number of carbonyl (C=O) groups is 1. The summed E-state index contributed by atoms with van der Waals surface area (Å²) in [5.74, 6) is -0.271. The first-order valence-electron chi connectivity index (χ1n) is 5.09. The van der Waals surface area contributed by atoms with E-state index in [1.165, 1.54) is 19.1 Å². The molecule has 0 aliphatic carbocycles. The van der Waals surface area contributed by atoms with Crippen molar-refractivity contribution in [2.45, 2.75) is 13.1 Å².